The molecule has 0 aliphatic carbocycles. The monoisotopic (exact) mass is 274 g/mol. The van der Waals surface area contributed by atoms with Gasteiger partial charge in [0, 0.05) is 18.4 Å². The van der Waals surface area contributed by atoms with Crippen molar-refractivity contribution in [1.82, 2.24) is 10.3 Å². The maximum absolute atomic E-state index is 12.1. The predicted molar refractivity (Wildman–Crippen MR) is 74.1 cm³/mol. The van der Waals surface area contributed by atoms with E-state index >= 15 is 0 Å². The lowest BCUT2D eigenvalue weighted by Gasteiger charge is -2.34. The number of rotatable bonds is 2. The quantitative estimate of drug-likeness (QED) is 0.780. The summed E-state index contributed by atoms with van der Waals surface area (Å²) in [7, 11) is 0. The number of carbonyl (C=O) groups is 1. The van der Waals surface area contributed by atoms with E-state index in [1.165, 1.54) is 6.20 Å². The van der Waals surface area contributed by atoms with Crippen molar-refractivity contribution in [2.45, 2.75) is 25.3 Å². The van der Waals surface area contributed by atoms with Crippen LogP contribution in [0.1, 0.15) is 35.8 Å². The minimum atomic E-state index is -0.327. The fraction of sp³-hybridized carbons (Fsp3) is 0.467. The number of aromatic nitrogens is 1. The fourth-order valence-corrected chi connectivity index (χ4v) is 2.11. The Balaban J connectivity index is 2.02. The van der Waals surface area contributed by atoms with E-state index in [1.54, 1.807) is 12.1 Å². The van der Waals surface area contributed by atoms with Crippen LogP contribution in [-0.2, 0) is 4.74 Å². The van der Waals surface area contributed by atoms with E-state index in [9.17, 15) is 4.79 Å². The lowest BCUT2D eigenvalue weighted by atomic mass is 9.94. The van der Waals surface area contributed by atoms with Crippen LogP contribution in [0.15, 0.2) is 18.3 Å². The molecule has 2 N–H and O–H groups in total. The van der Waals surface area contributed by atoms with Crippen molar-refractivity contribution >= 4 is 5.91 Å². The van der Waals surface area contributed by atoms with Crippen molar-refractivity contribution in [3.63, 3.8) is 0 Å². The van der Waals surface area contributed by atoms with Gasteiger partial charge in [-0.05, 0) is 31.9 Å². The number of nitrogens with one attached hydrogen (secondary N) is 1. The summed E-state index contributed by atoms with van der Waals surface area (Å²) in [5.74, 6) is 5.06. The fourth-order valence-electron chi connectivity index (χ4n) is 2.11. The van der Waals surface area contributed by atoms with E-state index in [4.69, 9.17) is 9.84 Å². The number of amides is 1. The molecule has 1 amide bonds. The summed E-state index contributed by atoms with van der Waals surface area (Å²) in [5, 5.41) is 11.6. The number of pyridine rings is 1. The molecule has 1 aliphatic rings. The Bertz CT molecular complexity index is 522. The molecule has 1 fully saturated rings. The largest absolute Gasteiger partial charge is 0.384 e. The second-order valence-corrected chi connectivity index (χ2v) is 5.06. The zero-order chi connectivity index (χ0) is 14.4. The molecule has 1 aromatic rings. The van der Waals surface area contributed by atoms with E-state index in [1.807, 2.05) is 6.92 Å². The summed E-state index contributed by atoms with van der Waals surface area (Å²) in [4.78, 5) is 16.2. The zero-order valence-electron chi connectivity index (χ0n) is 11.5. The van der Waals surface area contributed by atoms with Gasteiger partial charge in [0.2, 0.25) is 0 Å². The number of ether oxygens (including phenoxy) is 1. The molecule has 0 aromatic carbocycles. The molecule has 5 nitrogen and oxygen atoms in total. The smallest absolute Gasteiger partial charge is 0.270 e. The predicted octanol–water partition coefficient (Wildman–Crippen LogP) is 0.724. The first-order chi connectivity index (χ1) is 9.63. The van der Waals surface area contributed by atoms with Crippen molar-refractivity contribution in [3.05, 3.63) is 29.6 Å². The number of aliphatic hydroxyl groups is 1. The molecule has 0 radical (unpaired) electrons. The first-order valence-corrected chi connectivity index (χ1v) is 6.59. The van der Waals surface area contributed by atoms with Crippen LogP contribution in [0.3, 0.4) is 0 Å². The summed E-state index contributed by atoms with van der Waals surface area (Å²) in [6, 6.07) is 3.34. The number of carbonyl (C=O) groups excluding carboxylic acids is 1. The molecule has 2 heterocycles. The lowest BCUT2D eigenvalue weighted by Crippen LogP contribution is -2.51. The van der Waals surface area contributed by atoms with E-state index in [0.29, 0.717) is 17.9 Å². The Morgan fingerprint density at radius 1 is 1.60 bits per heavy atom. The summed E-state index contributed by atoms with van der Waals surface area (Å²) in [6.45, 7) is 3.06. The van der Waals surface area contributed by atoms with Crippen molar-refractivity contribution in [3.8, 4) is 11.8 Å². The third-order valence-corrected chi connectivity index (χ3v) is 3.16. The van der Waals surface area contributed by atoms with Gasteiger partial charge < -0.3 is 15.2 Å². The minimum absolute atomic E-state index is 0.194. The minimum Gasteiger partial charge on any atom is -0.384 e. The van der Waals surface area contributed by atoms with Crippen LogP contribution >= 0.6 is 0 Å². The highest BCUT2D eigenvalue weighted by Gasteiger charge is 2.29. The van der Waals surface area contributed by atoms with E-state index in [0.717, 1.165) is 19.4 Å². The Morgan fingerprint density at radius 2 is 2.45 bits per heavy atom. The molecule has 1 atom stereocenters. The second-order valence-electron chi connectivity index (χ2n) is 5.06. The molecule has 0 spiro atoms. The van der Waals surface area contributed by atoms with Crippen molar-refractivity contribution in [2.24, 2.45) is 0 Å². The molecule has 1 unspecified atom stereocenters. The van der Waals surface area contributed by atoms with Crippen molar-refractivity contribution in [2.75, 3.05) is 19.8 Å². The van der Waals surface area contributed by atoms with Crippen molar-refractivity contribution < 1.29 is 14.6 Å². The van der Waals surface area contributed by atoms with E-state index in [2.05, 4.69) is 22.1 Å². The molecule has 106 valence electrons. The van der Waals surface area contributed by atoms with Crippen LogP contribution in [0.5, 0.6) is 0 Å². The third kappa shape index (κ3) is 3.80. The number of hydrogen-bond donors (Lipinski definition) is 2. The van der Waals surface area contributed by atoms with Crippen LogP contribution in [0.2, 0.25) is 0 Å². The van der Waals surface area contributed by atoms with Gasteiger partial charge in [-0.2, -0.15) is 0 Å². The number of aliphatic hydroxyl groups excluding tert-OH is 1. The molecule has 2 rings (SSSR count). The highest BCUT2D eigenvalue weighted by molar-refractivity contribution is 5.92. The highest BCUT2D eigenvalue weighted by atomic mass is 16.5. The summed E-state index contributed by atoms with van der Waals surface area (Å²) < 4.78 is 5.41. The van der Waals surface area contributed by atoms with Crippen LogP contribution < -0.4 is 5.32 Å². The Kier molecular flexibility index (Phi) is 4.72. The van der Waals surface area contributed by atoms with Gasteiger partial charge in [-0.3, -0.25) is 4.79 Å². The summed E-state index contributed by atoms with van der Waals surface area (Å²) in [6.07, 6.45) is 3.37. The topological polar surface area (TPSA) is 71.5 Å². The molecule has 20 heavy (non-hydrogen) atoms. The third-order valence-electron chi connectivity index (χ3n) is 3.16. The Labute approximate surface area is 118 Å². The second kappa shape index (κ2) is 6.51. The van der Waals surface area contributed by atoms with Crippen LogP contribution in [0.4, 0.5) is 0 Å². The van der Waals surface area contributed by atoms with Gasteiger partial charge in [0.1, 0.15) is 12.3 Å². The standard InChI is InChI=1S/C15H18N2O3/c1-15(7-3-9-20-11-15)17-14(19)13-6-5-12(10-16-13)4-2-8-18/h5-6,10,18H,3,7-9,11H2,1H3,(H,17,19). The van der Waals surface area contributed by atoms with Gasteiger partial charge in [0.05, 0.1) is 12.1 Å². The Morgan fingerprint density at radius 3 is 3.05 bits per heavy atom. The number of nitrogens with zero attached hydrogens (tertiary/aromatic N) is 1. The van der Waals surface area contributed by atoms with Crippen LogP contribution in [0.25, 0.3) is 0 Å². The lowest BCUT2D eigenvalue weighted by molar-refractivity contribution is 0.0271. The van der Waals surface area contributed by atoms with Gasteiger partial charge in [-0.25, -0.2) is 4.98 Å². The SMILES string of the molecule is CC1(NC(=O)c2ccc(C#CCO)cn2)CCCOC1. The molecule has 0 bridgehead atoms. The van der Waals surface area contributed by atoms with Gasteiger partial charge in [0.25, 0.3) is 5.91 Å². The molecule has 5 heteroatoms. The van der Waals surface area contributed by atoms with Gasteiger partial charge in [-0.1, -0.05) is 11.8 Å². The van der Waals surface area contributed by atoms with Gasteiger partial charge >= 0.3 is 0 Å². The normalized spacial score (nSPS) is 21.7. The van der Waals surface area contributed by atoms with Gasteiger partial charge in [0.15, 0.2) is 0 Å². The zero-order valence-corrected chi connectivity index (χ0v) is 11.5. The maximum atomic E-state index is 12.1. The molecule has 1 aliphatic heterocycles. The van der Waals surface area contributed by atoms with Crippen LogP contribution in [-0.4, -0.2) is 41.4 Å². The molecular weight excluding hydrogens is 256 g/mol. The average Bonchev–Trinajstić information content (AvgIpc) is 2.46. The molecule has 1 aromatic heterocycles. The maximum Gasteiger partial charge on any atom is 0.270 e. The van der Waals surface area contributed by atoms with Gasteiger partial charge in [-0.15, -0.1) is 0 Å². The van der Waals surface area contributed by atoms with E-state index in [-0.39, 0.29) is 18.1 Å². The van der Waals surface area contributed by atoms with Crippen molar-refractivity contribution in [1.29, 1.82) is 0 Å². The Hall–Kier alpha value is -1.90. The molecular formula is C15H18N2O3. The van der Waals surface area contributed by atoms with E-state index < -0.39 is 0 Å². The summed E-state index contributed by atoms with van der Waals surface area (Å²) >= 11 is 0. The summed E-state index contributed by atoms with van der Waals surface area (Å²) in [5.41, 5.74) is 0.695. The first kappa shape index (κ1) is 14.5. The average molecular weight is 274 g/mol. The molecule has 1 saturated heterocycles. The molecule has 0 saturated carbocycles. The van der Waals surface area contributed by atoms with Crippen LogP contribution in [0, 0.1) is 11.8 Å². The number of hydrogen-bond acceptors (Lipinski definition) is 4. The highest BCUT2D eigenvalue weighted by Crippen LogP contribution is 2.18. The first-order valence-electron chi connectivity index (χ1n) is 6.59.